The van der Waals surface area contributed by atoms with E-state index in [-0.39, 0.29) is 5.91 Å². The lowest BCUT2D eigenvalue weighted by molar-refractivity contribution is -0.117. The molecule has 2 aromatic carbocycles. The molecule has 0 bridgehead atoms. The maximum Gasteiger partial charge on any atom is 0.267 e. The topological polar surface area (TPSA) is 44.7 Å². The molecule has 0 unspecified atom stereocenters. The summed E-state index contributed by atoms with van der Waals surface area (Å²) in [6, 6.07) is 20.1. The van der Waals surface area contributed by atoms with Gasteiger partial charge >= 0.3 is 0 Å². The Bertz CT molecular complexity index is 723. The Morgan fingerprint density at radius 3 is 2.46 bits per heavy atom. The van der Waals surface area contributed by atoms with E-state index in [0.717, 1.165) is 37.2 Å². The molecule has 0 aliphatic carbocycles. The van der Waals surface area contributed by atoms with Crippen LogP contribution >= 0.6 is 0 Å². The number of nitrogens with zero attached hydrogens (tertiary/aromatic N) is 2. The average Bonchev–Trinajstić information content (AvgIpc) is 2.64. The molecule has 0 atom stereocenters. The van der Waals surface area contributed by atoms with Gasteiger partial charge in [-0.25, -0.2) is 5.43 Å². The minimum absolute atomic E-state index is 0.110. The Labute approximate surface area is 142 Å². The smallest absolute Gasteiger partial charge is 0.267 e. The summed E-state index contributed by atoms with van der Waals surface area (Å²) in [5, 5.41) is 4.02. The van der Waals surface area contributed by atoms with Gasteiger partial charge < -0.3 is 0 Å². The van der Waals surface area contributed by atoms with Crippen LogP contribution in [0.25, 0.3) is 0 Å². The number of nitrogens with one attached hydrogen (secondary N) is 1. The predicted molar refractivity (Wildman–Crippen MR) is 96.6 cm³/mol. The van der Waals surface area contributed by atoms with Crippen LogP contribution in [0.2, 0.25) is 0 Å². The minimum atomic E-state index is -0.110. The molecule has 1 N–H and O–H groups in total. The second-order valence-corrected chi connectivity index (χ2v) is 5.81. The quantitative estimate of drug-likeness (QED) is 0.680. The zero-order valence-corrected chi connectivity index (χ0v) is 13.6. The van der Waals surface area contributed by atoms with E-state index in [2.05, 4.69) is 39.7 Å². The lowest BCUT2D eigenvalue weighted by Gasteiger charge is -2.25. The first-order valence-electron chi connectivity index (χ1n) is 8.15. The average molecular weight is 319 g/mol. The highest BCUT2D eigenvalue weighted by atomic mass is 16.2. The fraction of sp³-hybridized carbons (Fsp3) is 0.200. The third-order valence-corrected chi connectivity index (χ3v) is 4.01. The van der Waals surface area contributed by atoms with Crippen molar-refractivity contribution < 1.29 is 4.79 Å². The van der Waals surface area contributed by atoms with Gasteiger partial charge in [0.1, 0.15) is 0 Å². The van der Waals surface area contributed by atoms with Crippen molar-refractivity contribution in [1.82, 2.24) is 10.3 Å². The van der Waals surface area contributed by atoms with Crippen molar-refractivity contribution in [2.24, 2.45) is 5.10 Å². The van der Waals surface area contributed by atoms with Crippen molar-refractivity contribution in [3.05, 3.63) is 83.4 Å². The van der Waals surface area contributed by atoms with Gasteiger partial charge in [-0.3, -0.25) is 9.69 Å². The van der Waals surface area contributed by atoms with Gasteiger partial charge in [-0.15, -0.1) is 0 Å². The van der Waals surface area contributed by atoms with Crippen LogP contribution in [0, 0.1) is 0 Å². The largest absolute Gasteiger partial charge is 0.295 e. The number of carbonyl (C=O) groups is 1. The molecule has 1 amide bonds. The van der Waals surface area contributed by atoms with E-state index in [0.29, 0.717) is 0 Å². The fourth-order valence-corrected chi connectivity index (χ4v) is 2.68. The number of amides is 1. The maximum absolute atomic E-state index is 12.1. The first-order valence-corrected chi connectivity index (χ1v) is 8.15. The molecule has 0 saturated carbocycles. The number of rotatable bonds is 5. The van der Waals surface area contributed by atoms with E-state index in [9.17, 15) is 4.79 Å². The van der Waals surface area contributed by atoms with Crippen LogP contribution in [0.5, 0.6) is 0 Å². The molecule has 4 nitrogen and oxygen atoms in total. The Hall–Kier alpha value is -2.72. The molecular weight excluding hydrogens is 298 g/mol. The summed E-state index contributed by atoms with van der Waals surface area (Å²) >= 11 is 0. The molecule has 24 heavy (non-hydrogen) atoms. The molecule has 1 aliphatic rings. The maximum atomic E-state index is 12.1. The number of carbonyl (C=O) groups excluding carboxylic acids is 1. The number of benzene rings is 2. The van der Waals surface area contributed by atoms with Crippen molar-refractivity contribution in [2.45, 2.75) is 13.0 Å². The molecule has 3 rings (SSSR count). The van der Waals surface area contributed by atoms with E-state index in [1.54, 1.807) is 6.21 Å². The number of hydrogen-bond donors (Lipinski definition) is 1. The molecule has 0 radical (unpaired) electrons. The van der Waals surface area contributed by atoms with Gasteiger partial charge in [0.15, 0.2) is 0 Å². The summed E-state index contributed by atoms with van der Waals surface area (Å²) in [5.41, 5.74) is 5.68. The number of hydrazone groups is 1. The van der Waals surface area contributed by atoms with Gasteiger partial charge in [0.25, 0.3) is 5.91 Å². The highest BCUT2D eigenvalue weighted by Crippen LogP contribution is 2.14. The van der Waals surface area contributed by atoms with E-state index < -0.39 is 0 Å². The highest BCUT2D eigenvalue weighted by Gasteiger charge is 2.16. The van der Waals surface area contributed by atoms with Gasteiger partial charge in [0.05, 0.1) is 6.21 Å². The highest BCUT2D eigenvalue weighted by molar-refractivity contribution is 5.94. The molecule has 0 fully saturated rings. The van der Waals surface area contributed by atoms with Crippen molar-refractivity contribution in [3.8, 4) is 0 Å². The second kappa shape index (κ2) is 8.22. The Kier molecular flexibility index (Phi) is 5.53. The fourth-order valence-electron chi connectivity index (χ4n) is 2.68. The predicted octanol–water partition coefficient (Wildman–Crippen LogP) is 2.97. The third-order valence-electron chi connectivity index (χ3n) is 4.01. The number of hydrogen-bond acceptors (Lipinski definition) is 3. The summed E-state index contributed by atoms with van der Waals surface area (Å²) in [6.45, 7) is 2.59. The zero-order chi connectivity index (χ0) is 16.6. The SMILES string of the molecule is O=C(NN=Cc1ccccc1)C1=CCN(Cc2ccccc2)CC1. The van der Waals surface area contributed by atoms with E-state index >= 15 is 0 Å². The summed E-state index contributed by atoms with van der Waals surface area (Å²) in [5.74, 6) is -0.110. The molecule has 0 aromatic heterocycles. The zero-order valence-electron chi connectivity index (χ0n) is 13.6. The molecule has 122 valence electrons. The van der Waals surface area contributed by atoms with Crippen molar-refractivity contribution in [3.63, 3.8) is 0 Å². The molecule has 0 spiro atoms. The van der Waals surface area contributed by atoms with Crippen LogP contribution in [0.15, 0.2) is 77.4 Å². The van der Waals surface area contributed by atoms with E-state index in [1.807, 2.05) is 42.5 Å². The Morgan fingerprint density at radius 2 is 1.79 bits per heavy atom. The van der Waals surface area contributed by atoms with Crippen LogP contribution in [0.3, 0.4) is 0 Å². The molecule has 0 saturated heterocycles. The molecule has 4 heteroatoms. The minimum Gasteiger partial charge on any atom is -0.295 e. The van der Waals surface area contributed by atoms with Crippen LogP contribution in [-0.4, -0.2) is 30.1 Å². The van der Waals surface area contributed by atoms with Crippen LogP contribution in [0.1, 0.15) is 17.5 Å². The van der Waals surface area contributed by atoms with E-state index in [1.165, 1.54) is 5.56 Å². The summed E-state index contributed by atoms with van der Waals surface area (Å²) in [4.78, 5) is 14.5. The van der Waals surface area contributed by atoms with Gasteiger partial charge in [-0.1, -0.05) is 66.7 Å². The van der Waals surface area contributed by atoms with Crippen LogP contribution in [0.4, 0.5) is 0 Å². The normalized spacial score (nSPS) is 15.2. The van der Waals surface area contributed by atoms with Crippen molar-refractivity contribution >= 4 is 12.1 Å². The Balaban J connectivity index is 1.49. The first-order chi connectivity index (χ1) is 11.8. The second-order valence-electron chi connectivity index (χ2n) is 5.81. The lowest BCUT2D eigenvalue weighted by Crippen LogP contribution is -2.32. The monoisotopic (exact) mass is 319 g/mol. The third kappa shape index (κ3) is 4.64. The van der Waals surface area contributed by atoms with Crippen molar-refractivity contribution in [1.29, 1.82) is 0 Å². The van der Waals surface area contributed by atoms with Gasteiger partial charge in [0.2, 0.25) is 0 Å². The van der Waals surface area contributed by atoms with Gasteiger partial charge in [-0.05, 0) is 17.5 Å². The van der Waals surface area contributed by atoms with Crippen LogP contribution in [-0.2, 0) is 11.3 Å². The Morgan fingerprint density at radius 1 is 1.08 bits per heavy atom. The summed E-state index contributed by atoms with van der Waals surface area (Å²) < 4.78 is 0. The van der Waals surface area contributed by atoms with Crippen molar-refractivity contribution in [2.75, 3.05) is 13.1 Å². The van der Waals surface area contributed by atoms with Crippen LogP contribution < -0.4 is 5.43 Å². The summed E-state index contributed by atoms with van der Waals surface area (Å²) in [7, 11) is 0. The summed E-state index contributed by atoms with van der Waals surface area (Å²) in [6.07, 6.45) is 4.41. The van der Waals surface area contributed by atoms with E-state index in [4.69, 9.17) is 0 Å². The lowest BCUT2D eigenvalue weighted by atomic mass is 10.1. The molecular formula is C20H21N3O. The standard InChI is InChI=1S/C20H21N3O/c24-20(22-21-15-17-7-3-1-4-8-17)19-11-13-23(14-12-19)16-18-9-5-2-6-10-18/h1-11,15H,12-14,16H2,(H,22,24). The van der Waals surface area contributed by atoms with Gasteiger partial charge in [0, 0.05) is 25.2 Å². The molecule has 1 aliphatic heterocycles. The first kappa shape index (κ1) is 16.1. The van der Waals surface area contributed by atoms with Gasteiger partial charge in [-0.2, -0.15) is 5.10 Å². The molecule has 1 heterocycles. The molecule has 2 aromatic rings.